The van der Waals surface area contributed by atoms with Crippen LogP contribution in [0, 0.1) is 5.92 Å². The molecule has 0 unspecified atom stereocenters. The van der Waals surface area contributed by atoms with Crippen LogP contribution in [0.25, 0.3) is 0 Å². The van der Waals surface area contributed by atoms with Crippen molar-refractivity contribution in [3.63, 3.8) is 0 Å². The number of thiazole rings is 1. The maximum Gasteiger partial charge on any atom is 0.245 e. The van der Waals surface area contributed by atoms with Crippen LogP contribution in [0.1, 0.15) is 43.7 Å². The molecule has 0 saturated carbocycles. The van der Waals surface area contributed by atoms with Crippen molar-refractivity contribution < 1.29 is 9.59 Å². The number of anilines is 1. The van der Waals surface area contributed by atoms with E-state index in [0.717, 1.165) is 23.7 Å². The quantitative estimate of drug-likeness (QED) is 0.865. The van der Waals surface area contributed by atoms with Gasteiger partial charge in [0, 0.05) is 29.3 Å². The van der Waals surface area contributed by atoms with Gasteiger partial charge in [-0.3, -0.25) is 9.59 Å². The number of carbonyl (C=O) groups is 2. The second kappa shape index (κ2) is 6.07. The summed E-state index contributed by atoms with van der Waals surface area (Å²) in [6.45, 7) is 9.14. The van der Waals surface area contributed by atoms with Crippen LogP contribution < -0.4 is 5.32 Å². The number of piperidine rings is 1. The summed E-state index contributed by atoms with van der Waals surface area (Å²) in [5.41, 5.74) is 1.26. The number of fused-ring (bicyclic) bond motifs is 1. The number of hydrogen-bond acceptors (Lipinski definition) is 4. The predicted molar refractivity (Wildman–Crippen MR) is 91.6 cm³/mol. The van der Waals surface area contributed by atoms with Crippen molar-refractivity contribution in [2.45, 2.75) is 44.9 Å². The Hall–Kier alpha value is -1.69. The molecule has 124 valence electrons. The van der Waals surface area contributed by atoms with E-state index in [1.54, 1.807) is 16.2 Å². The average molecular weight is 333 g/mol. The number of aromatic nitrogens is 1. The van der Waals surface area contributed by atoms with Gasteiger partial charge in [0.1, 0.15) is 0 Å². The van der Waals surface area contributed by atoms with Crippen LogP contribution in [0.15, 0.2) is 12.7 Å². The third-order valence-electron chi connectivity index (χ3n) is 4.90. The first-order chi connectivity index (χ1) is 10.9. The summed E-state index contributed by atoms with van der Waals surface area (Å²) >= 11 is 1.60. The molecule has 0 radical (unpaired) electrons. The Morgan fingerprint density at radius 1 is 1.39 bits per heavy atom. The molecule has 1 saturated heterocycles. The Kier molecular flexibility index (Phi) is 4.27. The summed E-state index contributed by atoms with van der Waals surface area (Å²) < 4.78 is 0. The van der Waals surface area contributed by atoms with Crippen LogP contribution >= 0.6 is 11.3 Å². The third kappa shape index (κ3) is 3.17. The molecular weight excluding hydrogens is 310 g/mol. The highest BCUT2D eigenvalue weighted by Gasteiger charge is 2.34. The lowest BCUT2D eigenvalue weighted by molar-refractivity contribution is -0.130. The van der Waals surface area contributed by atoms with E-state index in [1.807, 2.05) is 0 Å². The zero-order chi connectivity index (χ0) is 16.6. The monoisotopic (exact) mass is 333 g/mol. The second-order valence-electron chi connectivity index (χ2n) is 6.97. The molecule has 1 aliphatic heterocycles. The normalized spacial score (nSPS) is 20.2. The fourth-order valence-electron chi connectivity index (χ4n) is 3.35. The van der Waals surface area contributed by atoms with E-state index < -0.39 is 0 Å². The number of nitrogens with one attached hydrogen (secondary N) is 1. The van der Waals surface area contributed by atoms with E-state index in [9.17, 15) is 9.59 Å². The smallest absolute Gasteiger partial charge is 0.245 e. The van der Waals surface area contributed by atoms with Crippen molar-refractivity contribution in [1.82, 2.24) is 9.88 Å². The highest BCUT2D eigenvalue weighted by atomic mass is 32.1. The van der Waals surface area contributed by atoms with Gasteiger partial charge in [-0.25, -0.2) is 4.98 Å². The molecular formula is C17H23N3O2S. The topological polar surface area (TPSA) is 62.3 Å². The van der Waals surface area contributed by atoms with E-state index in [-0.39, 0.29) is 23.1 Å². The number of nitrogens with zero attached hydrogens (tertiary/aromatic N) is 2. The highest BCUT2D eigenvalue weighted by Crippen LogP contribution is 2.42. The Labute approximate surface area is 140 Å². The molecule has 0 atom stereocenters. The number of hydrogen-bond donors (Lipinski definition) is 1. The average Bonchev–Trinajstić information content (AvgIpc) is 3.07. The minimum atomic E-state index is -0.0533. The van der Waals surface area contributed by atoms with Crippen LogP contribution in [0.3, 0.4) is 0 Å². The van der Waals surface area contributed by atoms with Crippen molar-refractivity contribution in [2.75, 3.05) is 18.4 Å². The molecule has 1 fully saturated rings. The minimum absolute atomic E-state index is 0.0286. The van der Waals surface area contributed by atoms with Crippen molar-refractivity contribution in [2.24, 2.45) is 5.92 Å². The van der Waals surface area contributed by atoms with Crippen LogP contribution in [-0.4, -0.2) is 34.8 Å². The van der Waals surface area contributed by atoms with Gasteiger partial charge in [-0.05, 0) is 31.8 Å². The van der Waals surface area contributed by atoms with Crippen LogP contribution in [0.4, 0.5) is 5.13 Å². The number of aryl methyl sites for hydroxylation is 1. The molecule has 0 bridgehead atoms. The van der Waals surface area contributed by atoms with Gasteiger partial charge in [-0.2, -0.15) is 0 Å². The van der Waals surface area contributed by atoms with Gasteiger partial charge in [0.25, 0.3) is 0 Å². The van der Waals surface area contributed by atoms with Crippen molar-refractivity contribution in [1.29, 1.82) is 0 Å². The van der Waals surface area contributed by atoms with E-state index in [4.69, 9.17) is 0 Å². The van der Waals surface area contributed by atoms with E-state index in [0.29, 0.717) is 25.9 Å². The Balaban J connectivity index is 1.59. The molecule has 2 amide bonds. The van der Waals surface area contributed by atoms with Gasteiger partial charge in [0.05, 0.1) is 5.69 Å². The number of likely N-dealkylation sites (tertiary alicyclic amines) is 1. The maximum atomic E-state index is 12.4. The van der Waals surface area contributed by atoms with Gasteiger partial charge in [0.2, 0.25) is 11.8 Å². The largest absolute Gasteiger partial charge is 0.339 e. The minimum Gasteiger partial charge on any atom is -0.339 e. The third-order valence-corrected chi connectivity index (χ3v) is 5.93. The molecule has 1 aromatic heterocycles. The molecule has 2 heterocycles. The summed E-state index contributed by atoms with van der Waals surface area (Å²) in [5, 5.41) is 3.70. The lowest BCUT2D eigenvalue weighted by Crippen LogP contribution is -2.40. The van der Waals surface area contributed by atoms with Gasteiger partial charge < -0.3 is 10.2 Å². The Morgan fingerprint density at radius 2 is 2.09 bits per heavy atom. The molecule has 3 rings (SSSR count). The maximum absolute atomic E-state index is 12.4. The zero-order valence-electron chi connectivity index (χ0n) is 13.7. The van der Waals surface area contributed by atoms with E-state index >= 15 is 0 Å². The fraction of sp³-hybridized carbons (Fsp3) is 0.588. The SMILES string of the molecule is C=CC(=O)N1CCC(C(=O)Nc2nc3c(s2)CCC3(C)C)CC1. The molecule has 5 nitrogen and oxygen atoms in total. The number of amides is 2. The second-order valence-corrected chi connectivity index (χ2v) is 8.05. The lowest BCUT2D eigenvalue weighted by Gasteiger charge is -2.30. The molecule has 2 aliphatic rings. The molecule has 6 heteroatoms. The van der Waals surface area contributed by atoms with Crippen LogP contribution in [0.2, 0.25) is 0 Å². The van der Waals surface area contributed by atoms with Gasteiger partial charge in [-0.15, -0.1) is 11.3 Å². The molecule has 23 heavy (non-hydrogen) atoms. The van der Waals surface area contributed by atoms with Gasteiger partial charge >= 0.3 is 0 Å². The first-order valence-corrected chi connectivity index (χ1v) is 8.95. The summed E-state index contributed by atoms with van der Waals surface area (Å²) in [5.74, 6) is -0.0704. The zero-order valence-corrected chi connectivity index (χ0v) is 14.5. The van der Waals surface area contributed by atoms with Gasteiger partial charge in [-0.1, -0.05) is 20.4 Å². The summed E-state index contributed by atoms with van der Waals surface area (Å²) in [6.07, 6.45) is 4.91. The lowest BCUT2D eigenvalue weighted by atomic mass is 9.91. The summed E-state index contributed by atoms with van der Waals surface area (Å²) in [4.78, 5) is 31.7. The fourth-order valence-corrected chi connectivity index (χ4v) is 4.49. The predicted octanol–water partition coefficient (Wildman–Crippen LogP) is 2.73. The molecule has 1 aromatic rings. The van der Waals surface area contributed by atoms with Crippen molar-refractivity contribution in [3.8, 4) is 0 Å². The Bertz CT molecular complexity index is 642. The van der Waals surface area contributed by atoms with Crippen molar-refractivity contribution in [3.05, 3.63) is 23.2 Å². The Morgan fingerprint density at radius 3 is 2.70 bits per heavy atom. The van der Waals surface area contributed by atoms with E-state index in [1.165, 1.54) is 11.0 Å². The molecule has 1 aliphatic carbocycles. The van der Waals surface area contributed by atoms with Crippen LogP contribution in [0.5, 0.6) is 0 Å². The molecule has 0 spiro atoms. The van der Waals surface area contributed by atoms with Crippen LogP contribution in [-0.2, 0) is 21.4 Å². The molecule has 1 N–H and O–H groups in total. The number of rotatable bonds is 3. The first-order valence-electron chi connectivity index (χ1n) is 8.13. The summed E-state index contributed by atoms with van der Waals surface area (Å²) in [7, 11) is 0. The molecule has 0 aromatic carbocycles. The standard InChI is InChI=1S/C17H23N3O2S/c1-4-13(21)20-9-6-11(7-10-20)15(22)19-16-18-14-12(23-16)5-8-17(14,2)3/h4,11H,1,5-10H2,2-3H3,(H,18,19,22). The number of carbonyl (C=O) groups excluding carboxylic acids is 2. The van der Waals surface area contributed by atoms with Crippen molar-refractivity contribution >= 4 is 28.3 Å². The highest BCUT2D eigenvalue weighted by molar-refractivity contribution is 7.16. The first kappa shape index (κ1) is 16.2. The van der Waals surface area contributed by atoms with E-state index in [2.05, 4.69) is 30.7 Å². The van der Waals surface area contributed by atoms with Gasteiger partial charge in [0.15, 0.2) is 5.13 Å². The summed E-state index contributed by atoms with van der Waals surface area (Å²) in [6, 6.07) is 0.